The SMILES string of the molecule is CC1CC(NCCC2CCC2)C1. The molecule has 2 saturated carbocycles. The molecule has 2 aliphatic carbocycles. The van der Waals surface area contributed by atoms with Crippen LogP contribution < -0.4 is 5.32 Å². The Morgan fingerprint density at radius 3 is 2.50 bits per heavy atom. The molecule has 0 aromatic heterocycles. The molecular formula is C11H21N. The molecule has 0 amide bonds. The Labute approximate surface area is 75.9 Å². The second kappa shape index (κ2) is 3.78. The fourth-order valence-corrected chi connectivity index (χ4v) is 2.34. The molecule has 1 nitrogen and oxygen atoms in total. The maximum Gasteiger partial charge on any atom is 0.00721 e. The lowest BCUT2D eigenvalue weighted by Gasteiger charge is -2.34. The number of rotatable bonds is 4. The van der Waals surface area contributed by atoms with E-state index in [1.54, 1.807) is 0 Å². The maximum atomic E-state index is 3.65. The fourth-order valence-electron chi connectivity index (χ4n) is 2.34. The van der Waals surface area contributed by atoms with E-state index in [9.17, 15) is 0 Å². The van der Waals surface area contributed by atoms with Gasteiger partial charge in [-0.25, -0.2) is 0 Å². The molecule has 1 heteroatoms. The predicted octanol–water partition coefficient (Wildman–Crippen LogP) is 2.56. The van der Waals surface area contributed by atoms with Crippen LogP contribution in [-0.2, 0) is 0 Å². The molecule has 70 valence electrons. The highest BCUT2D eigenvalue weighted by atomic mass is 14.9. The predicted molar refractivity (Wildman–Crippen MR) is 52.1 cm³/mol. The van der Waals surface area contributed by atoms with Gasteiger partial charge >= 0.3 is 0 Å². The molecule has 0 aromatic rings. The van der Waals surface area contributed by atoms with Crippen LogP contribution in [0.5, 0.6) is 0 Å². The highest BCUT2D eigenvalue weighted by Gasteiger charge is 2.25. The monoisotopic (exact) mass is 167 g/mol. The van der Waals surface area contributed by atoms with Gasteiger partial charge in [0.2, 0.25) is 0 Å². The van der Waals surface area contributed by atoms with E-state index >= 15 is 0 Å². The normalized spacial score (nSPS) is 35.8. The highest BCUT2D eigenvalue weighted by molar-refractivity contribution is 4.82. The first kappa shape index (κ1) is 8.55. The van der Waals surface area contributed by atoms with E-state index in [2.05, 4.69) is 12.2 Å². The standard InChI is InChI=1S/C11H21N/c1-9-7-11(8-9)12-6-5-10-3-2-4-10/h9-12H,2-8H2,1H3. The molecule has 0 saturated heterocycles. The summed E-state index contributed by atoms with van der Waals surface area (Å²) in [6.07, 6.45) is 8.77. The van der Waals surface area contributed by atoms with Gasteiger partial charge in [-0.2, -0.15) is 0 Å². The number of hydrogen-bond donors (Lipinski definition) is 1. The summed E-state index contributed by atoms with van der Waals surface area (Å²) in [5.41, 5.74) is 0. The van der Waals surface area contributed by atoms with Crippen molar-refractivity contribution in [2.45, 2.75) is 51.5 Å². The summed E-state index contributed by atoms with van der Waals surface area (Å²) in [6.45, 7) is 3.63. The van der Waals surface area contributed by atoms with E-state index in [1.165, 1.54) is 45.1 Å². The second-order valence-corrected chi connectivity index (χ2v) is 4.81. The molecule has 0 heterocycles. The lowest BCUT2D eigenvalue weighted by atomic mass is 9.80. The van der Waals surface area contributed by atoms with Crippen molar-refractivity contribution in [3.8, 4) is 0 Å². The van der Waals surface area contributed by atoms with Gasteiger partial charge in [-0.15, -0.1) is 0 Å². The third-order valence-electron chi connectivity index (χ3n) is 3.58. The first-order valence-electron chi connectivity index (χ1n) is 5.58. The van der Waals surface area contributed by atoms with Crippen molar-refractivity contribution in [2.75, 3.05) is 6.54 Å². The lowest BCUT2D eigenvalue weighted by molar-refractivity contribution is 0.224. The summed E-state index contributed by atoms with van der Waals surface area (Å²) in [7, 11) is 0. The Balaban J connectivity index is 1.46. The van der Waals surface area contributed by atoms with Crippen LogP contribution in [0.15, 0.2) is 0 Å². The molecule has 0 radical (unpaired) electrons. The Kier molecular flexibility index (Phi) is 2.69. The van der Waals surface area contributed by atoms with Crippen molar-refractivity contribution in [1.82, 2.24) is 5.32 Å². The molecular weight excluding hydrogens is 146 g/mol. The maximum absolute atomic E-state index is 3.65. The topological polar surface area (TPSA) is 12.0 Å². The summed E-state index contributed by atoms with van der Waals surface area (Å²) in [4.78, 5) is 0. The average Bonchev–Trinajstić information content (AvgIpc) is 1.90. The summed E-state index contributed by atoms with van der Waals surface area (Å²) < 4.78 is 0. The molecule has 0 aromatic carbocycles. The Bertz CT molecular complexity index is 134. The Morgan fingerprint density at radius 1 is 1.25 bits per heavy atom. The van der Waals surface area contributed by atoms with Gasteiger partial charge in [0.25, 0.3) is 0 Å². The fraction of sp³-hybridized carbons (Fsp3) is 1.00. The zero-order valence-corrected chi connectivity index (χ0v) is 8.18. The zero-order valence-electron chi connectivity index (χ0n) is 8.18. The van der Waals surface area contributed by atoms with Crippen molar-refractivity contribution in [3.63, 3.8) is 0 Å². The van der Waals surface area contributed by atoms with Gasteiger partial charge in [-0.05, 0) is 37.6 Å². The number of nitrogens with one attached hydrogen (secondary N) is 1. The second-order valence-electron chi connectivity index (χ2n) is 4.81. The van der Waals surface area contributed by atoms with E-state index in [0.29, 0.717) is 0 Å². The van der Waals surface area contributed by atoms with Crippen LogP contribution in [-0.4, -0.2) is 12.6 Å². The molecule has 2 fully saturated rings. The molecule has 0 aliphatic heterocycles. The minimum absolute atomic E-state index is 0.875. The molecule has 2 rings (SSSR count). The molecule has 0 unspecified atom stereocenters. The lowest BCUT2D eigenvalue weighted by Crippen LogP contribution is -2.41. The van der Waals surface area contributed by atoms with Gasteiger partial charge in [-0.3, -0.25) is 0 Å². The third-order valence-corrected chi connectivity index (χ3v) is 3.58. The van der Waals surface area contributed by atoms with Gasteiger partial charge < -0.3 is 5.32 Å². The first-order chi connectivity index (χ1) is 5.84. The van der Waals surface area contributed by atoms with Gasteiger partial charge in [0.05, 0.1) is 0 Å². The van der Waals surface area contributed by atoms with Crippen LogP contribution in [0.2, 0.25) is 0 Å². The van der Waals surface area contributed by atoms with E-state index in [-0.39, 0.29) is 0 Å². The van der Waals surface area contributed by atoms with E-state index < -0.39 is 0 Å². The zero-order chi connectivity index (χ0) is 8.39. The molecule has 12 heavy (non-hydrogen) atoms. The summed E-state index contributed by atoms with van der Waals surface area (Å²) >= 11 is 0. The van der Waals surface area contributed by atoms with Crippen molar-refractivity contribution in [2.24, 2.45) is 11.8 Å². The number of hydrogen-bond acceptors (Lipinski definition) is 1. The minimum atomic E-state index is 0.875. The summed E-state index contributed by atoms with van der Waals surface area (Å²) in [5.74, 6) is 2.07. The summed E-state index contributed by atoms with van der Waals surface area (Å²) in [6, 6.07) is 0.875. The van der Waals surface area contributed by atoms with Gasteiger partial charge in [0.1, 0.15) is 0 Å². The molecule has 2 aliphatic rings. The van der Waals surface area contributed by atoms with Crippen molar-refractivity contribution < 1.29 is 0 Å². The minimum Gasteiger partial charge on any atom is -0.314 e. The van der Waals surface area contributed by atoms with Crippen LogP contribution in [0, 0.1) is 11.8 Å². The third kappa shape index (κ3) is 2.01. The highest BCUT2D eigenvalue weighted by Crippen LogP contribution is 2.30. The molecule has 1 N–H and O–H groups in total. The van der Waals surface area contributed by atoms with E-state index in [4.69, 9.17) is 0 Å². The van der Waals surface area contributed by atoms with Crippen molar-refractivity contribution >= 4 is 0 Å². The average molecular weight is 167 g/mol. The Hall–Kier alpha value is -0.0400. The molecule has 0 atom stereocenters. The summed E-state index contributed by atoms with van der Waals surface area (Å²) in [5, 5.41) is 3.65. The molecule has 0 bridgehead atoms. The van der Waals surface area contributed by atoms with Gasteiger partial charge in [0.15, 0.2) is 0 Å². The van der Waals surface area contributed by atoms with Crippen LogP contribution >= 0.6 is 0 Å². The van der Waals surface area contributed by atoms with Crippen molar-refractivity contribution in [1.29, 1.82) is 0 Å². The van der Waals surface area contributed by atoms with Crippen LogP contribution in [0.3, 0.4) is 0 Å². The smallest absolute Gasteiger partial charge is 0.00721 e. The van der Waals surface area contributed by atoms with Crippen LogP contribution in [0.1, 0.15) is 45.4 Å². The van der Waals surface area contributed by atoms with Gasteiger partial charge in [0, 0.05) is 6.04 Å². The van der Waals surface area contributed by atoms with E-state index in [1.807, 2.05) is 0 Å². The van der Waals surface area contributed by atoms with Gasteiger partial charge in [-0.1, -0.05) is 26.2 Å². The van der Waals surface area contributed by atoms with Crippen molar-refractivity contribution in [3.05, 3.63) is 0 Å². The van der Waals surface area contributed by atoms with Crippen LogP contribution in [0.25, 0.3) is 0 Å². The largest absolute Gasteiger partial charge is 0.314 e. The quantitative estimate of drug-likeness (QED) is 0.678. The first-order valence-corrected chi connectivity index (χ1v) is 5.58. The van der Waals surface area contributed by atoms with E-state index in [0.717, 1.165) is 17.9 Å². The van der Waals surface area contributed by atoms with Crippen LogP contribution in [0.4, 0.5) is 0 Å². The molecule has 0 spiro atoms. The Morgan fingerprint density at radius 2 is 2.00 bits per heavy atom.